The van der Waals surface area contributed by atoms with Crippen LogP contribution >= 0.6 is 11.6 Å². The zero-order chi connectivity index (χ0) is 14.9. The molecule has 0 bridgehead atoms. The van der Waals surface area contributed by atoms with E-state index in [1.807, 2.05) is 12.5 Å². The van der Waals surface area contributed by atoms with E-state index >= 15 is 0 Å². The molecule has 3 nitrogen and oxygen atoms in total. The lowest BCUT2D eigenvalue weighted by molar-refractivity contribution is 0.318. The number of hydrogen-bond acceptors (Lipinski definition) is 2. The molecule has 0 spiro atoms. The van der Waals surface area contributed by atoms with E-state index in [-0.39, 0.29) is 16.3 Å². The number of hydrogen-bond donors (Lipinski definition) is 1. The summed E-state index contributed by atoms with van der Waals surface area (Å²) in [5.74, 6) is -0.378. The highest BCUT2D eigenvalue weighted by Gasteiger charge is 2.31. The predicted octanol–water partition coefficient (Wildman–Crippen LogP) is 3.37. The molecule has 1 aromatic heterocycles. The summed E-state index contributed by atoms with van der Waals surface area (Å²) in [5, 5.41) is 3.56. The Morgan fingerprint density at radius 3 is 2.86 bits per heavy atom. The lowest BCUT2D eigenvalue weighted by atomic mass is 9.78. The van der Waals surface area contributed by atoms with E-state index in [1.54, 1.807) is 12.1 Å². The third-order valence-corrected chi connectivity index (χ3v) is 4.66. The molecular formula is C16H19ClFN3. The first-order valence-corrected chi connectivity index (χ1v) is 7.61. The molecule has 1 aliphatic heterocycles. The van der Waals surface area contributed by atoms with Crippen LogP contribution in [0.5, 0.6) is 0 Å². The van der Waals surface area contributed by atoms with Crippen molar-refractivity contribution in [1.29, 1.82) is 0 Å². The van der Waals surface area contributed by atoms with E-state index < -0.39 is 0 Å². The fourth-order valence-electron chi connectivity index (χ4n) is 3.02. The van der Waals surface area contributed by atoms with Crippen molar-refractivity contribution < 1.29 is 4.39 Å². The van der Waals surface area contributed by atoms with Crippen molar-refractivity contribution in [3.8, 4) is 0 Å². The van der Waals surface area contributed by atoms with Crippen LogP contribution in [-0.4, -0.2) is 22.6 Å². The Labute approximate surface area is 129 Å². The molecule has 0 atom stereocenters. The molecule has 5 heteroatoms. The highest BCUT2D eigenvalue weighted by molar-refractivity contribution is 6.30. The van der Waals surface area contributed by atoms with Gasteiger partial charge < -0.3 is 9.88 Å². The first-order chi connectivity index (χ1) is 10.1. The largest absolute Gasteiger partial charge is 0.330 e. The van der Waals surface area contributed by atoms with Crippen molar-refractivity contribution in [1.82, 2.24) is 14.9 Å². The predicted molar refractivity (Wildman–Crippen MR) is 82.2 cm³/mol. The molecular weight excluding hydrogens is 289 g/mol. The van der Waals surface area contributed by atoms with Crippen LogP contribution in [0, 0.1) is 5.82 Å². The van der Waals surface area contributed by atoms with Gasteiger partial charge in [-0.3, -0.25) is 0 Å². The van der Waals surface area contributed by atoms with Crippen LogP contribution in [0.2, 0.25) is 5.02 Å². The minimum absolute atomic E-state index is 0.144. The zero-order valence-corrected chi connectivity index (χ0v) is 12.8. The summed E-state index contributed by atoms with van der Waals surface area (Å²) in [6.07, 6.45) is 6.00. The second-order valence-corrected chi connectivity index (χ2v) is 6.37. The summed E-state index contributed by atoms with van der Waals surface area (Å²) in [6, 6.07) is 4.88. The van der Waals surface area contributed by atoms with Crippen LogP contribution in [0.1, 0.15) is 31.0 Å². The first-order valence-electron chi connectivity index (χ1n) is 7.24. The minimum atomic E-state index is -0.378. The molecule has 0 aliphatic carbocycles. The Morgan fingerprint density at radius 1 is 1.38 bits per heavy atom. The zero-order valence-electron chi connectivity index (χ0n) is 12.1. The van der Waals surface area contributed by atoms with Gasteiger partial charge in [-0.2, -0.15) is 0 Å². The lowest BCUT2D eigenvalue weighted by Crippen LogP contribution is -2.39. The topological polar surface area (TPSA) is 29.9 Å². The summed E-state index contributed by atoms with van der Waals surface area (Å²) in [6.45, 7) is 5.02. The van der Waals surface area contributed by atoms with Crippen LogP contribution in [-0.2, 0) is 12.0 Å². The smallest absolute Gasteiger partial charge is 0.141 e. The normalized spacial score (nSPS) is 17.9. The number of piperidine rings is 1. The molecule has 0 radical (unpaired) electrons. The Hall–Kier alpha value is -1.39. The summed E-state index contributed by atoms with van der Waals surface area (Å²) >= 11 is 5.86. The molecule has 2 heterocycles. The molecule has 0 amide bonds. The number of aromatic nitrogens is 2. The third kappa shape index (κ3) is 2.97. The highest BCUT2D eigenvalue weighted by Crippen LogP contribution is 2.33. The molecule has 3 rings (SSSR count). The number of halogens is 2. The van der Waals surface area contributed by atoms with Gasteiger partial charge in [0.2, 0.25) is 0 Å². The number of rotatable bonds is 3. The van der Waals surface area contributed by atoms with Gasteiger partial charge in [0.1, 0.15) is 5.82 Å². The molecule has 1 saturated heterocycles. The Balaban J connectivity index is 1.86. The molecule has 1 aromatic carbocycles. The number of benzene rings is 1. The summed E-state index contributed by atoms with van der Waals surface area (Å²) in [5.41, 5.74) is 2.37. The maximum absolute atomic E-state index is 13.3. The second kappa shape index (κ2) is 5.78. The highest BCUT2D eigenvalue weighted by atomic mass is 35.5. The maximum atomic E-state index is 13.3. The number of nitrogens with zero attached hydrogens (tertiary/aromatic N) is 2. The maximum Gasteiger partial charge on any atom is 0.141 e. The molecule has 1 aliphatic rings. The Kier molecular flexibility index (Phi) is 4.00. The lowest BCUT2D eigenvalue weighted by Gasteiger charge is -2.34. The monoisotopic (exact) mass is 307 g/mol. The van der Waals surface area contributed by atoms with Crippen molar-refractivity contribution in [2.45, 2.75) is 31.7 Å². The van der Waals surface area contributed by atoms with Gasteiger partial charge in [0, 0.05) is 23.9 Å². The Bertz CT molecular complexity index is 632. The van der Waals surface area contributed by atoms with Gasteiger partial charge in [-0.05, 0) is 43.6 Å². The average molecular weight is 308 g/mol. The second-order valence-electron chi connectivity index (χ2n) is 5.97. The van der Waals surface area contributed by atoms with Crippen LogP contribution in [0.4, 0.5) is 4.39 Å². The van der Waals surface area contributed by atoms with Crippen LogP contribution in [0.3, 0.4) is 0 Å². The van der Waals surface area contributed by atoms with Crippen molar-refractivity contribution >= 4 is 11.6 Å². The van der Waals surface area contributed by atoms with Gasteiger partial charge in [-0.1, -0.05) is 24.6 Å². The average Bonchev–Trinajstić information content (AvgIpc) is 2.93. The van der Waals surface area contributed by atoms with Gasteiger partial charge in [-0.15, -0.1) is 0 Å². The van der Waals surface area contributed by atoms with Crippen molar-refractivity contribution in [2.75, 3.05) is 13.1 Å². The fourth-order valence-corrected chi connectivity index (χ4v) is 3.22. The van der Waals surface area contributed by atoms with Crippen LogP contribution in [0.25, 0.3) is 0 Å². The molecule has 0 unspecified atom stereocenters. The molecule has 1 N–H and O–H groups in total. The van der Waals surface area contributed by atoms with Crippen LogP contribution < -0.4 is 5.32 Å². The first kappa shape index (κ1) is 14.5. The van der Waals surface area contributed by atoms with Gasteiger partial charge in [-0.25, -0.2) is 9.37 Å². The number of nitrogens with one attached hydrogen (secondary N) is 1. The molecule has 112 valence electrons. The molecule has 0 saturated carbocycles. The van der Waals surface area contributed by atoms with Crippen molar-refractivity contribution in [3.63, 3.8) is 0 Å². The van der Waals surface area contributed by atoms with Crippen molar-refractivity contribution in [2.24, 2.45) is 0 Å². The van der Waals surface area contributed by atoms with E-state index in [9.17, 15) is 4.39 Å². The van der Waals surface area contributed by atoms with Crippen LogP contribution in [0.15, 0.2) is 30.7 Å². The number of imidazole rings is 1. The SMILES string of the molecule is CC1(c2cncn2Cc2ccc(F)c(Cl)c2)CCNCC1. The Morgan fingerprint density at radius 2 is 2.14 bits per heavy atom. The quantitative estimate of drug-likeness (QED) is 0.942. The third-order valence-electron chi connectivity index (χ3n) is 4.37. The van der Waals surface area contributed by atoms with E-state index in [0.29, 0.717) is 6.54 Å². The molecule has 2 aromatic rings. The van der Waals surface area contributed by atoms with E-state index in [2.05, 4.69) is 21.8 Å². The standard InChI is InChI=1S/C16H19ClFN3/c1-16(4-6-19-7-5-16)15-9-20-11-21(15)10-12-2-3-14(18)13(17)8-12/h2-3,8-9,11,19H,4-7,10H2,1H3. The van der Waals surface area contributed by atoms with E-state index in [4.69, 9.17) is 11.6 Å². The van der Waals surface area contributed by atoms with Crippen molar-refractivity contribution in [3.05, 3.63) is 52.8 Å². The minimum Gasteiger partial charge on any atom is -0.330 e. The van der Waals surface area contributed by atoms with Gasteiger partial charge in [0.05, 0.1) is 11.3 Å². The summed E-state index contributed by atoms with van der Waals surface area (Å²) in [7, 11) is 0. The summed E-state index contributed by atoms with van der Waals surface area (Å²) in [4.78, 5) is 4.31. The van der Waals surface area contributed by atoms with Gasteiger partial charge in [0.25, 0.3) is 0 Å². The molecule has 1 fully saturated rings. The van der Waals surface area contributed by atoms with E-state index in [1.165, 1.54) is 11.8 Å². The fraction of sp³-hybridized carbons (Fsp3) is 0.438. The van der Waals surface area contributed by atoms with Gasteiger partial charge in [0.15, 0.2) is 0 Å². The van der Waals surface area contributed by atoms with Gasteiger partial charge >= 0.3 is 0 Å². The molecule has 21 heavy (non-hydrogen) atoms. The summed E-state index contributed by atoms with van der Waals surface area (Å²) < 4.78 is 15.4. The van der Waals surface area contributed by atoms with E-state index in [0.717, 1.165) is 31.5 Å².